The van der Waals surface area contributed by atoms with Crippen molar-refractivity contribution in [3.8, 4) is 0 Å². The first-order chi connectivity index (χ1) is 18.9. The van der Waals surface area contributed by atoms with Crippen LogP contribution in [0.3, 0.4) is 0 Å². The van der Waals surface area contributed by atoms with Crippen LogP contribution in [0.1, 0.15) is 37.7 Å². The van der Waals surface area contributed by atoms with E-state index in [4.69, 9.17) is 22.3 Å². The molecule has 4 unspecified atom stereocenters. The lowest BCUT2D eigenvalue weighted by Gasteiger charge is -2.25. The van der Waals surface area contributed by atoms with E-state index in [1.54, 1.807) is 36.6 Å². The lowest BCUT2D eigenvalue weighted by Crippen LogP contribution is -2.57. The molecule has 0 saturated heterocycles. The molecule has 0 heterocycles. The van der Waals surface area contributed by atoms with Crippen molar-refractivity contribution in [1.29, 1.82) is 0 Å². The summed E-state index contributed by atoms with van der Waals surface area (Å²) in [6, 6.07) is 4.08. The number of carboxylic acid groups (broad SMARTS) is 2. The Balaban J connectivity index is 3.07. The third-order valence-electron chi connectivity index (χ3n) is 5.73. The van der Waals surface area contributed by atoms with E-state index in [1.165, 1.54) is 11.8 Å². The molecule has 0 aliphatic rings. The van der Waals surface area contributed by atoms with Gasteiger partial charge in [-0.05, 0) is 43.3 Å². The monoisotopic (exact) mass is 581 g/mol. The average Bonchev–Trinajstić information content (AvgIpc) is 2.90. The van der Waals surface area contributed by atoms with E-state index in [2.05, 4.69) is 20.9 Å². The second-order valence-corrected chi connectivity index (χ2v) is 9.97. The fourth-order valence-corrected chi connectivity index (χ4v) is 4.03. The number of hydrogen-bond acceptors (Lipinski definition) is 8. The molecule has 1 rings (SSSR count). The minimum absolute atomic E-state index is 0.0534. The summed E-state index contributed by atoms with van der Waals surface area (Å²) < 4.78 is 0. The maximum absolute atomic E-state index is 13.3. The van der Waals surface area contributed by atoms with E-state index < -0.39 is 60.2 Å². The first-order valence-electron chi connectivity index (χ1n) is 12.6. The summed E-state index contributed by atoms with van der Waals surface area (Å²) in [4.78, 5) is 65.7. The number of amides is 3. The Morgan fingerprint density at radius 2 is 1.48 bits per heavy atom. The standard InChI is InChI=1S/C25H39N7O7S/c1-40-13-11-18(24(38)39)31-22(36)17(9-10-20(33)34)30-23(37)19(14-15-6-3-2-4-7-15)32-21(35)16(26)8-5-12-29-25(27)28/h2-4,6-7,16-19H,5,8-14,26H2,1H3,(H,30,37)(H,31,36)(H,32,35)(H,33,34)(H,38,39)(H4,27,28,29). The molecule has 0 aliphatic heterocycles. The van der Waals surface area contributed by atoms with Crippen molar-refractivity contribution in [2.45, 2.75) is 62.7 Å². The quantitative estimate of drug-likeness (QED) is 0.0545. The van der Waals surface area contributed by atoms with Gasteiger partial charge < -0.3 is 43.4 Å². The zero-order chi connectivity index (χ0) is 30.1. The lowest BCUT2D eigenvalue weighted by atomic mass is 10.0. The highest BCUT2D eigenvalue weighted by atomic mass is 32.2. The van der Waals surface area contributed by atoms with Gasteiger partial charge in [0.2, 0.25) is 17.7 Å². The van der Waals surface area contributed by atoms with Crippen molar-refractivity contribution < 1.29 is 34.2 Å². The van der Waals surface area contributed by atoms with Crippen LogP contribution in [0, 0.1) is 0 Å². The van der Waals surface area contributed by atoms with Crippen LogP contribution in [0.15, 0.2) is 35.3 Å². The van der Waals surface area contributed by atoms with Gasteiger partial charge >= 0.3 is 11.9 Å². The molecule has 222 valence electrons. The van der Waals surface area contributed by atoms with Gasteiger partial charge in [0.15, 0.2) is 5.96 Å². The van der Waals surface area contributed by atoms with Gasteiger partial charge in [-0.3, -0.25) is 24.2 Å². The van der Waals surface area contributed by atoms with E-state index in [1.807, 2.05) is 0 Å². The molecular weight excluding hydrogens is 542 g/mol. The first kappa shape index (κ1) is 34.2. The second kappa shape index (κ2) is 18.4. The minimum atomic E-state index is -1.36. The number of carbonyl (C=O) groups excluding carboxylic acids is 3. The Hall–Kier alpha value is -3.85. The van der Waals surface area contributed by atoms with Gasteiger partial charge in [-0.15, -0.1) is 0 Å². The van der Waals surface area contributed by atoms with E-state index in [0.717, 1.165) is 0 Å². The molecule has 0 saturated carbocycles. The number of aliphatic carboxylic acids is 2. The summed E-state index contributed by atoms with van der Waals surface area (Å²) >= 11 is 1.40. The van der Waals surface area contributed by atoms with Crippen LogP contribution in [0.25, 0.3) is 0 Å². The molecule has 0 bridgehead atoms. The number of carboxylic acids is 2. The fourth-order valence-electron chi connectivity index (χ4n) is 3.56. The number of rotatable bonds is 19. The number of nitrogens with zero attached hydrogens (tertiary/aromatic N) is 1. The molecule has 14 nitrogen and oxygen atoms in total. The van der Waals surface area contributed by atoms with Crippen LogP contribution in [0.4, 0.5) is 0 Å². The number of carbonyl (C=O) groups is 5. The number of nitrogens with one attached hydrogen (secondary N) is 3. The highest BCUT2D eigenvalue weighted by Gasteiger charge is 2.30. The topological polar surface area (TPSA) is 252 Å². The Bertz CT molecular complexity index is 1020. The Morgan fingerprint density at radius 3 is 2.05 bits per heavy atom. The average molecular weight is 582 g/mol. The van der Waals surface area contributed by atoms with Gasteiger partial charge in [-0.1, -0.05) is 30.3 Å². The number of hydrogen-bond donors (Lipinski definition) is 8. The van der Waals surface area contributed by atoms with Crippen molar-refractivity contribution in [3.63, 3.8) is 0 Å². The maximum Gasteiger partial charge on any atom is 0.326 e. The van der Waals surface area contributed by atoms with Crippen LogP contribution in [0.5, 0.6) is 0 Å². The van der Waals surface area contributed by atoms with Gasteiger partial charge in [0.05, 0.1) is 6.04 Å². The molecule has 0 radical (unpaired) electrons. The van der Waals surface area contributed by atoms with E-state index in [-0.39, 0.29) is 38.2 Å². The largest absolute Gasteiger partial charge is 0.481 e. The van der Waals surface area contributed by atoms with Gasteiger partial charge in [-0.2, -0.15) is 11.8 Å². The molecular formula is C25H39N7O7S. The SMILES string of the molecule is CSCCC(NC(=O)C(CCC(=O)O)NC(=O)C(Cc1ccccc1)NC(=O)C(N)CCCN=C(N)N)C(=O)O. The van der Waals surface area contributed by atoms with E-state index in [0.29, 0.717) is 17.7 Å². The number of benzene rings is 1. The molecule has 11 N–H and O–H groups in total. The van der Waals surface area contributed by atoms with Crippen LogP contribution < -0.4 is 33.2 Å². The molecule has 40 heavy (non-hydrogen) atoms. The molecule has 0 aromatic heterocycles. The zero-order valence-corrected chi connectivity index (χ0v) is 23.2. The fraction of sp³-hybridized carbons (Fsp3) is 0.520. The molecule has 0 aliphatic carbocycles. The second-order valence-electron chi connectivity index (χ2n) is 8.98. The van der Waals surface area contributed by atoms with Crippen molar-refractivity contribution in [2.75, 3.05) is 18.6 Å². The summed E-state index contributed by atoms with van der Waals surface area (Å²) in [5.74, 6) is -4.30. The molecule has 0 spiro atoms. The van der Waals surface area contributed by atoms with Gasteiger partial charge in [0.25, 0.3) is 0 Å². The Kier molecular flexibility index (Phi) is 15.8. The summed E-state index contributed by atoms with van der Waals surface area (Å²) in [6.45, 7) is 0.270. The summed E-state index contributed by atoms with van der Waals surface area (Å²) in [5.41, 5.74) is 17.3. The zero-order valence-electron chi connectivity index (χ0n) is 22.4. The number of thioether (sulfide) groups is 1. The molecule has 4 atom stereocenters. The smallest absolute Gasteiger partial charge is 0.326 e. The molecule has 3 amide bonds. The number of aliphatic imine (C=N–C) groups is 1. The van der Waals surface area contributed by atoms with E-state index in [9.17, 15) is 29.1 Å². The first-order valence-corrected chi connectivity index (χ1v) is 14.0. The third-order valence-corrected chi connectivity index (χ3v) is 6.37. The molecule has 15 heteroatoms. The third kappa shape index (κ3) is 13.8. The van der Waals surface area contributed by atoms with Crippen LogP contribution in [0.2, 0.25) is 0 Å². The predicted molar refractivity (Wildman–Crippen MR) is 151 cm³/mol. The normalized spacial score (nSPS) is 13.7. The van der Waals surface area contributed by atoms with Crippen molar-refractivity contribution >= 4 is 47.4 Å². The van der Waals surface area contributed by atoms with Crippen molar-refractivity contribution in [1.82, 2.24) is 16.0 Å². The molecule has 1 aromatic rings. The van der Waals surface area contributed by atoms with Gasteiger partial charge in [-0.25, -0.2) is 4.79 Å². The van der Waals surface area contributed by atoms with Gasteiger partial charge in [0, 0.05) is 19.4 Å². The maximum atomic E-state index is 13.3. The molecule has 0 fully saturated rings. The van der Waals surface area contributed by atoms with Crippen molar-refractivity contribution in [3.05, 3.63) is 35.9 Å². The molecule has 1 aromatic carbocycles. The number of guanidine groups is 1. The summed E-state index contributed by atoms with van der Waals surface area (Å²) in [5, 5.41) is 26.1. The van der Waals surface area contributed by atoms with Crippen LogP contribution in [-0.4, -0.2) is 88.6 Å². The summed E-state index contributed by atoms with van der Waals surface area (Å²) in [6.07, 6.45) is 1.87. The summed E-state index contributed by atoms with van der Waals surface area (Å²) in [7, 11) is 0. The predicted octanol–water partition coefficient (Wildman–Crippen LogP) is -1.23. The van der Waals surface area contributed by atoms with Gasteiger partial charge in [0.1, 0.15) is 18.1 Å². The number of nitrogens with two attached hydrogens (primary N) is 3. The highest BCUT2D eigenvalue weighted by Crippen LogP contribution is 2.08. The lowest BCUT2D eigenvalue weighted by molar-refractivity contribution is -0.143. The Labute approximate surface area is 236 Å². The van der Waals surface area contributed by atoms with Crippen LogP contribution in [-0.2, 0) is 30.4 Å². The van der Waals surface area contributed by atoms with Crippen LogP contribution >= 0.6 is 11.8 Å². The Morgan fingerprint density at radius 1 is 0.875 bits per heavy atom. The van der Waals surface area contributed by atoms with E-state index >= 15 is 0 Å². The van der Waals surface area contributed by atoms with Crippen molar-refractivity contribution in [2.24, 2.45) is 22.2 Å². The highest BCUT2D eigenvalue weighted by molar-refractivity contribution is 7.98. The minimum Gasteiger partial charge on any atom is -0.481 e.